The lowest BCUT2D eigenvalue weighted by molar-refractivity contribution is -0.629. The molecule has 8 N–H and O–H groups in total. The van der Waals surface area contributed by atoms with E-state index in [1.807, 2.05) is 0 Å². The number of aliphatic hydroxyl groups is 5. The van der Waals surface area contributed by atoms with Crippen molar-refractivity contribution in [2.75, 3.05) is 66.1 Å². The van der Waals surface area contributed by atoms with Gasteiger partial charge in [0.15, 0.2) is 6.29 Å². The summed E-state index contributed by atoms with van der Waals surface area (Å²) >= 11 is 0. The van der Waals surface area contributed by atoms with Gasteiger partial charge >= 0.3 is 53.7 Å². The van der Waals surface area contributed by atoms with Crippen molar-refractivity contribution >= 4 is 53.7 Å². The smallest absolute Gasteiger partial charge is 0.338 e. The van der Waals surface area contributed by atoms with Gasteiger partial charge < -0.3 is 93.3 Å². The minimum atomic E-state index is -2.22. The monoisotopic (exact) mass is 1440 g/mol. The maximum absolute atomic E-state index is 13.0. The maximum Gasteiger partial charge on any atom is 0.338 e. The van der Waals surface area contributed by atoms with Crippen LogP contribution in [0.1, 0.15) is 85.0 Å². The molecule has 104 heavy (non-hydrogen) atoms. The fourth-order valence-electron chi connectivity index (χ4n) is 8.30. The van der Waals surface area contributed by atoms with E-state index < -0.39 is 103 Å². The fraction of sp³-hybridized carbons (Fsp3) is 0.276. The summed E-state index contributed by atoms with van der Waals surface area (Å²) in [6.45, 7) is 20.3. The van der Waals surface area contributed by atoms with Gasteiger partial charge in [-0.2, -0.15) is 0 Å². The molecule has 0 radical (unpaired) electrons. The molecule has 1 fully saturated rings. The Morgan fingerprint density at radius 3 is 1.05 bits per heavy atom. The first-order chi connectivity index (χ1) is 48.9. The van der Waals surface area contributed by atoms with E-state index in [1.54, 1.807) is 133 Å². The Hall–Kier alpha value is -11.2. The Morgan fingerprint density at radius 2 is 0.750 bits per heavy atom. The Morgan fingerprint density at radius 1 is 0.462 bits per heavy atom. The molecule has 0 spiro atoms. The second-order valence-corrected chi connectivity index (χ2v) is 22.8. The summed E-state index contributed by atoms with van der Waals surface area (Å²) in [5, 5.41) is 69.9. The van der Waals surface area contributed by atoms with Crippen LogP contribution in [0.15, 0.2) is 207 Å². The number of benzene rings is 6. The first kappa shape index (κ1) is 85.3. The van der Waals surface area contributed by atoms with Crippen LogP contribution in [0.4, 0.5) is 0 Å². The number of ether oxygens (including phenoxy) is 11. The SMILES string of the molecule is C=C(C)C(=O)OCC(O)COC(=O)c1ccc(-c2ccc(C(=O)O)cc2)cc1.C=C(C)C(=O)OCC(O)COC(=O)c1ccc(-c2ccc(C3([O-])OCC(COC(=O)C(=C)C)O3)cc2)cc1.C=CC(O)OCC(CO)OC(=O)c1ccc(-c2ccc(C(=O)OCC(O)COC(=O)C(=C)C)cc2)cc1.O. The van der Waals surface area contributed by atoms with Crippen LogP contribution < -0.4 is 5.11 Å². The maximum atomic E-state index is 13.0. The summed E-state index contributed by atoms with van der Waals surface area (Å²) < 4.78 is 55.4. The van der Waals surface area contributed by atoms with Gasteiger partial charge in [-0.15, -0.1) is 0 Å². The average molecular weight is 1440 g/mol. The van der Waals surface area contributed by atoms with E-state index in [9.17, 15) is 73.8 Å². The minimum absolute atomic E-state index is 0. The summed E-state index contributed by atoms with van der Waals surface area (Å²) in [6.07, 6.45) is -5.21. The Bertz CT molecular complexity index is 3940. The number of aliphatic hydroxyl groups excluding tert-OH is 5. The number of aromatic carboxylic acids is 1. The van der Waals surface area contributed by atoms with Gasteiger partial charge in [0.05, 0.1) is 47.6 Å². The first-order valence-corrected chi connectivity index (χ1v) is 31.4. The highest BCUT2D eigenvalue weighted by Gasteiger charge is 2.34. The zero-order valence-corrected chi connectivity index (χ0v) is 57.3. The van der Waals surface area contributed by atoms with Crippen LogP contribution in [0.3, 0.4) is 0 Å². The van der Waals surface area contributed by atoms with Crippen LogP contribution in [0, 0.1) is 0 Å². The van der Waals surface area contributed by atoms with Crippen LogP contribution >= 0.6 is 0 Å². The van der Waals surface area contributed by atoms with E-state index in [1.165, 1.54) is 39.8 Å². The standard InChI is InChI=1S/C28H29O10.C27H30O10.C21H20O7.H2O/c1-17(2)25(30)34-13-23(29)14-35-27(32)21-7-5-19(6-8-21)20-9-11-22(12-10-20)28(33)37-16-24(38-28)15-36-26(31)18(3)4;1-4-24(30)34-16-23(13-28)37-27(33)21-11-7-19(8-12-21)18-5-9-20(10-6-18)26(32)36-15-22(29)14-35-25(31)17(2)3;1-13(2)20(25)27-11-18(22)12-28-21(26)17-9-5-15(6-10-17)14-3-7-16(8-4-14)19(23)24;/h5-12,23-24,29H,1,3,13-16H2,2,4H3;4-12,22-24,28-30H,1-2,13-16H2,3H3;3-10,18,22H,1,11-12H2,2H3,(H,23,24);1H2/q-1;;;. The molecule has 7 rings (SSSR count). The normalized spacial score (nSPS) is 14.8. The third kappa shape index (κ3) is 28.0. The van der Waals surface area contributed by atoms with Crippen molar-refractivity contribution in [2.24, 2.45) is 0 Å². The van der Waals surface area contributed by atoms with Crippen LogP contribution in [-0.2, 0) is 77.3 Å². The van der Waals surface area contributed by atoms with Crippen molar-refractivity contribution in [1.29, 1.82) is 0 Å². The Balaban J connectivity index is 0.000000333. The highest BCUT2D eigenvalue weighted by molar-refractivity contribution is 5.93. The van der Waals surface area contributed by atoms with Gasteiger partial charge in [-0.3, -0.25) is 0 Å². The Labute approximate surface area is 598 Å². The van der Waals surface area contributed by atoms with E-state index in [-0.39, 0.29) is 121 Å². The fourth-order valence-corrected chi connectivity index (χ4v) is 8.30. The van der Waals surface area contributed by atoms with Gasteiger partial charge in [-0.05, 0) is 133 Å². The van der Waals surface area contributed by atoms with Gasteiger partial charge in [-0.1, -0.05) is 118 Å². The van der Waals surface area contributed by atoms with Crippen molar-refractivity contribution < 1.29 is 136 Å². The molecule has 1 heterocycles. The molecule has 554 valence electrons. The van der Waals surface area contributed by atoms with Crippen molar-refractivity contribution in [3.63, 3.8) is 0 Å². The topological polar surface area (TPSA) is 431 Å². The molecule has 6 aromatic carbocycles. The van der Waals surface area contributed by atoms with Crippen molar-refractivity contribution in [1.82, 2.24) is 0 Å². The highest BCUT2D eigenvalue weighted by atomic mass is 16.9. The molecule has 0 aliphatic carbocycles. The lowest BCUT2D eigenvalue weighted by atomic mass is 10.0. The molecule has 7 atom stereocenters. The van der Waals surface area contributed by atoms with E-state index in [0.29, 0.717) is 0 Å². The van der Waals surface area contributed by atoms with Crippen molar-refractivity contribution in [3.8, 4) is 33.4 Å². The van der Waals surface area contributed by atoms with Crippen LogP contribution in [0.25, 0.3) is 33.4 Å². The number of carbonyl (C=O) groups is 9. The van der Waals surface area contributed by atoms with E-state index >= 15 is 0 Å². The van der Waals surface area contributed by atoms with Crippen LogP contribution in [-0.4, -0.2) is 193 Å². The van der Waals surface area contributed by atoms with Crippen molar-refractivity contribution in [3.05, 3.63) is 240 Å². The van der Waals surface area contributed by atoms with E-state index in [0.717, 1.165) is 39.5 Å². The molecule has 28 nitrogen and oxygen atoms in total. The lowest BCUT2D eigenvalue weighted by Crippen LogP contribution is -2.42. The second-order valence-electron chi connectivity index (χ2n) is 22.8. The molecule has 0 saturated carbocycles. The molecule has 0 aromatic heterocycles. The molecule has 0 amide bonds. The van der Waals surface area contributed by atoms with Gasteiger partial charge in [0.1, 0.15) is 82.7 Å². The van der Waals surface area contributed by atoms with Crippen LogP contribution in [0.2, 0.25) is 0 Å². The predicted octanol–water partition coefficient (Wildman–Crippen LogP) is 5.89. The first-order valence-electron chi connectivity index (χ1n) is 31.4. The molecule has 1 saturated heterocycles. The third-order valence-corrected chi connectivity index (χ3v) is 14.0. The number of carboxylic acid groups (broad SMARTS) is 1. The highest BCUT2D eigenvalue weighted by Crippen LogP contribution is 2.32. The van der Waals surface area contributed by atoms with Crippen LogP contribution in [0.5, 0.6) is 0 Å². The van der Waals surface area contributed by atoms with Crippen molar-refractivity contribution in [2.45, 2.75) is 70.5 Å². The summed E-state index contributed by atoms with van der Waals surface area (Å²) in [7, 11) is 0. The van der Waals surface area contributed by atoms with E-state index in [2.05, 4.69) is 32.9 Å². The third-order valence-electron chi connectivity index (χ3n) is 14.0. The van der Waals surface area contributed by atoms with Gasteiger partial charge in [-0.25, -0.2) is 43.2 Å². The average Bonchev–Trinajstić information content (AvgIpc) is 1.37. The summed E-state index contributed by atoms with van der Waals surface area (Å²) in [6, 6.07) is 39.0. The number of esters is 8. The van der Waals surface area contributed by atoms with Gasteiger partial charge in [0, 0.05) is 22.3 Å². The Kier molecular flexibility index (Phi) is 34.7. The quantitative estimate of drug-likeness (QED) is 0.00919. The van der Waals surface area contributed by atoms with Gasteiger partial charge in [0.25, 0.3) is 0 Å². The second kappa shape index (κ2) is 42.3. The number of hydrogen-bond donors (Lipinski definition) is 6. The summed E-state index contributed by atoms with van der Waals surface area (Å²) in [5.41, 5.74) is 7.05. The predicted molar refractivity (Wildman–Crippen MR) is 369 cm³/mol. The molecular weight excluding hydrogens is 1360 g/mol. The molecule has 28 heteroatoms. The number of carboxylic acids is 1. The molecule has 1 aliphatic rings. The molecule has 7 unspecified atom stereocenters. The zero-order chi connectivity index (χ0) is 75.9. The number of hydrogen-bond acceptors (Lipinski definition) is 26. The molecule has 0 bridgehead atoms. The zero-order valence-electron chi connectivity index (χ0n) is 57.3. The summed E-state index contributed by atoms with van der Waals surface area (Å²) in [5.74, 6) is -8.30. The molecule has 1 aliphatic heterocycles. The molecule has 6 aromatic rings. The van der Waals surface area contributed by atoms with E-state index in [4.69, 9.17) is 57.2 Å². The van der Waals surface area contributed by atoms with Gasteiger partial charge in [0.2, 0.25) is 0 Å². The number of carbonyl (C=O) groups excluding carboxylic acids is 8. The number of rotatable bonds is 33. The largest absolute Gasteiger partial charge is 0.803 e. The minimum Gasteiger partial charge on any atom is -0.803 e. The lowest BCUT2D eigenvalue weighted by Gasteiger charge is -2.34. The molecular formula is C76H81O28-. The summed E-state index contributed by atoms with van der Waals surface area (Å²) in [4.78, 5) is 105.